The van der Waals surface area contributed by atoms with E-state index in [4.69, 9.17) is 0 Å². The minimum atomic E-state index is -0.342. The molecule has 0 atom stereocenters. The quantitative estimate of drug-likeness (QED) is 0.457. The Hall–Kier alpha value is -3.12. The van der Waals surface area contributed by atoms with Gasteiger partial charge in [-0.2, -0.15) is 0 Å². The van der Waals surface area contributed by atoms with Crippen LogP contribution in [0.1, 0.15) is 11.1 Å². The molecule has 0 fully saturated rings. The van der Waals surface area contributed by atoms with Crippen molar-refractivity contribution in [3.8, 4) is 0 Å². The van der Waals surface area contributed by atoms with E-state index in [0.29, 0.717) is 21.9 Å². The lowest BCUT2D eigenvalue weighted by molar-refractivity contribution is -0.118. The van der Waals surface area contributed by atoms with Crippen LogP contribution >= 0.6 is 11.3 Å². The average molecular weight is 394 g/mol. The predicted octanol–water partition coefficient (Wildman–Crippen LogP) is 5.35. The molecule has 0 aliphatic carbocycles. The zero-order valence-electron chi connectivity index (χ0n) is 14.8. The molecule has 1 heterocycles. The van der Waals surface area contributed by atoms with E-state index >= 15 is 0 Å². The van der Waals surface area contributed by atoms with Crippen molar-refractivity contribution in [2.45, 2.75) is 13.0 Å². The van der Waals surface area contributed by atoms with Gasteiger partial charge in [0.2, 0.25) is 5.91 Å². The number of hydrogen-bond acceptors (Lipinski definition) is 3. The fourth-order valence-corrected chi connectivity index (χ4v) is 3.91. The molecule has 0 spiro atoms. The highest BCUT2D eigenvalue weighted by Gasteiger charge is 2.21. The first-order valence-corrected chi connectivity index (χ1v) is 9.55. The van der Waals surface area contributed by atoms with E-state index in [9.17, 15) is 13.6 Å². The minimum Gasteiger partial charge on any atom is -0.283 e. The first-order chi connectivity index (χ1) is 13.6. The van der Waals surface area contributed by atoms with Crippen LogP contribution in [0.5, 0.6) is 0 Å². The lowest BCUT2D eigenvalue weighted by Gasteiger charge is -2.20. The van der Waals surface area contributed by atoms with Gasteiger partial charge in [-0.15, -0.1) is 0 Å². The third kappa shape index (κ3) is 4.07. The summed E-state index contributed by atoms with van der Waals surface area (Å²) in [5, 5.41) is 0.511. The maximum absolute atomic E-state index is 13.5. The number of halogens is 2. The van der Waals surface area contributed by atoms with Gasteiger partial charge in [-0.05, 0) is 41.5 Å². The fourth-order valence-electron chi connectivity index (χ4n) is 2.90. The van der Waals surface area contributed by atoms with Crippen molar-refractivity contribution in [1.29, 1.82) is 0 Å². The smallest absolute Gasteiger partial charge is 0.233 e. The van der Waals surface area contributed by atoms with E-state index in [1.165, 1.54) is 35.6 Å². The van der Waals surface area contributed by atoms with Gasteiger partial charge in [0.05, 0.1) is 23.2 Å². The van der Waals surface area contributed by atoms with E-state index in [-0.39, 0.29) is 24.0 Å². The highest BCUT2D eigenvalue weighted by molar-refractivity contribution is 7.22. The zero-order valence-corrected chi connectivity index (χ0v) is 15.6. The molecule has 140 valence electrons. The van der Waals surface area contributed by atoms with Crippen molar-refractivity contribution in [2.75, 3.05) is 4.90 Å². The summed E-state index contributed by atoms with van der Waals surface area (Å²) in [4.78, 5) is 19.2. The van der Waals surface area contributed by atoms with Crippen LogP contribution in [-0.4, -0.2) is 10.9 Å². The van der Waals surface area contributed by atoms with E-state index in [0.717, 1.165) is 11.1 Å². The van der Waals surface area contributed by atoms with Gasteiger partial charge in [0, 0.05) is 0 Å². The van der Waals surface area contributed by atoms with Crippen molar-refractivity contribution in [2.24, 2.45) is 0 Å². The number of thiazole rings is 1. The Balaban J connectivity index is 1.67. The number of nitrogens with zero attached hydrogens (tertiary/aromatic N) is 2. The number of hydrogen-bond donors (Lipinski definition) is 0. The standard InChI is InChI=1S/C22H16F2N2OS/c23-17-8-6-15(7-9-17)12-21(27)26(14-16-4-2-1-3-5-16)22-25-19-11-10-18(24)13-20(19)28-22/h1-11,13H,12,14H2. The molecule has 0 saturated carbocycles. The summed E-state index contributed by atoms with van der Waals surface area (Å²) in [6, 6.07) is 19.9. The zero-order chi connectivity index (χ0) is 19.5. The Morgan fingerprint density at radius 3 is 2.36 bits per heavy atom. The summed E-state index contributed by atoms with van der Waals surface area (Å²) in [7, 11) is 0. The second kappa shape index (κ2) is 7.86. The van der Waals surface area contributed by atoms with Crippen molar-refractivity contribution < 1.29 is 13.6 Å². The summed E-state index contributed by atoms with van der Waals surface area (Å²) >= 11 is 1.27. The molecular weight excluding hydrogens is 378 g/mol. The van der Waals surface area contributed by atoms with Crippen molar-refractivity contribution in [3.05, 3.63) is 95.6 Å². The van der Waals surface area contributed by atoms with E-state index in [1.54, 1.807) is 23.1 Å². The van der Waals surface area contributed by atoms with E-state index in [2.05, 4.69) is 4.98 Å². The molecule has 4 rings (SSSR count). The van der Waals surface area contributed by atoms with Gasteiger partial charge in [-0.1, -0.05) is 53.8 Å². The van der Waals surface area contributed by atoms with Gasteiger partial charge in [-0.3, -0.25) is 9.69 Å². The SMILES string of the molecule is O=C(Cc1ccc(F)cc1)N(Cc1ccccc1)c1nc2ccc(F)cc2s1. The molecule has 6 heteroatoms. The predicted molar refractivity (Wildman–Crippen MR) is 107 cm³/mol. The Morgan fingerprint density at radius 2 is 1.61 bits per heavy atom. The molecule has 0 saturated heterocycles. The maximum atomic E-state index is 13.5. The monoisotopic (exact) mass is 394 g/mol. The molecule has 1 amide bonds. The molecule has 3 aromatic carbocycles. The number of rotatable bonds is 5. The number of fused-ring (bicyclic) bond motifs is 1. The molecule has 0 aliphatic rings. The fraction of sp³-hybridized carbons (Fsp3) is 0.0909. The number of anilines is 1. The van der Waals surface area contributed by atoms with E-state index in [1.807, 2.05) is 30.3 Å². The third-order valence-corrected chi connectivity index (χ3v) is 5.36. The molecule has 0 N–H and O–H groups in total. The Labute approximate surface area is 164 Å². The third-order valence-electron chi connectivity index (χ3n) is 4.32. The van der Waals surface area contributed by atoms with E-state index < -0.39 is 0 Å². The van der Waals surface area contributed by atoms with Crippen LogP contribution in [0.15, 0.2) is 72.8 Å². The molecule has 0 aliphatic heterocycles. The van der Waals surface area contributed by atoms with Crippen LogP contribution in [0.4, 0.5) is 13.9 Å². The average Bonchev–Trinajstić information content (AvgIpc) is 3.11. The second-order valence-corrected chi connectivity index (χ2v) is 7.39. The van der Waals surface area contributed by atoms with Gasteiger partial charge in [0.25, 0.3) is 0 Å². The normalized spacial score (nSPS) is 10.9. The van der Waals surface area contributed by atoms with Crippen molar-refractivity contribution >= 4 is 32.6 Å². The Kier molecular flexibility index (Phi) is 5.12. The number of carbonyl (C=O) groups excluding carboxylic acids is 1. The Bertz CT molecular complexity index is 1110. The lowest BCUT2D eigenvalue weighted by Crippen LogP contribution is -2.31. The summed E-state index contributed by atoms with van der Waals surface area (Å²) in [5.74, 6) is -0.838. The van der Waals surface area contributed by atoms with Gasteiger partial charge in [0.1, 0.15) is 11.6 Å². The van der Waals surface area contributed by atoms with Gasteiger partial charge in [-0.25, -0.2) is 13.8 Å². The summed E-state index contributed by atoms with van der Waals surface area (Å²) < 4.78 is 27.4. The number of carbonyl (C=O) groups is 1. The number of amides is 1. The highest BCUT2D eigenvalue weighted by atomic mass is 32.1. The highest BCUT2D eigenvalue weighted by Crippen LogP contribution is 2.30. The van der Waals surface area contributed by atoms with Crippen molar-refractivity contribution in [1.82, 2.24) is 4.98 Å². The van der Waals surface area contributed by atoms with Gasteiger partial charge >= 0.3 is 0 Å². The molecule has 1 aromatic heterocycles. The van der Waals surface area contributed by atoms with Crippen LogP contribution in [0.25, 0.3) is 10.2 Å². The van der Waals surface area contributed by atoms with Crippen LogP contribution in [-0.2, 0) is 17.8 Å². The van der Waals surface area contributed by atoms with Gasteiger partial charge < -0.3 is 0 Å². The van der Waals surface area contributed by atoms with Crippen LogP contribution in [0, 0.1) is 11.6 Å². The van der Waals surface area contributed by atoms with Crippen LogP contribution < -0.4 is 4.90 Å². The minimum absolute atomic E-state index is 0.122. The summed E-state index contributed by atoms with van der Waals surface area (Å²) in [6.07, 6.45) is 0.122. The largest absolute Gasteiger partial charge is 0.283 e. The Morgan fingerprint density at radius 1 is 0.893 bits per heavy atom. The lowest BCUT2D eigenvalue weighted by atomic mass is 10.1. The molecule has 3 nitrogen and oxygen atoms in total. The summed E-state index contributed by atoms with van der Waals surface area (Å²) in [5.41, 5.74) is 2.33. The maximum Gasteiger partial charge on any atom is 0.233 e. The van der Waals surface area contributed by atoms with Gasteiger partial charge in [0.15, 0.2) is 5.13 Å². The van der Waals surface area contributed by atoms with Crippen LogP contribution in [0.2, 0.25) is 0 Å². The molecular formula is C22H16F2N2OS. The summed E-state index contributed by atoms with van der Waals surface area (Å²) in [6.45, 7) is 0.350. The topological polar surface area (TPSA) is 33.2 Å². The van der Waals surface area contributed by atoms with Crippen molar-refractivity contribution in [3.63, 3.8) is 0 Å². The molecule has 0 bridgehead atoms. The number of benzene rings is 3. The first-order valence-electron chi connectivity index (χ1n) is 8.73. The molecule has 0 radical (unpaired) electrons. The molecule has 0 unspecified atom stereocenters. The molecule has 4 aromatic rings. The number of aromatic nitrogens is 1. The second-order valence-electron chi connectivity index (χ2n) is 6.38. The first kappa shape index (κ1) is 18.3. The van der Waals surface area contributed by atoms with Crippen LogP contribution in [0.3, 0.4) is 0 Å². The molecule has 28 heavy (non-hydrogen) atoms.